The Hall–Kier alpha value is -1.06. The number of rotatable bonds is 6. The lowest BCUT2D eigenvalue weighted by Crippen LogP contribution is -2.45. The number of carbonyl (C=O) groups excluding carboxylic acids is 2. The molecule has 23 heavy (non-hydrogen) atoms. The van der Waals surface area contributed by atoms with E-state index in [2.05, 4.69) is 5.32 Å². The van der Waals surface area contributed by atoms with Crippen LogP contribution in [-0.4, -0.2) is 36.9 Å². The molecule has 0 aromatic rings. The fourth-order valence-corrected chi connectivity index (χ4v) is 4.41. The molecule has 1 unspecified atom stereocenters. The maximum atomic E-state index is 12.6. The highest BCUT2D eigenvalue weighted by Gasteiger charge is 2.30. The summed E-state index contributed by atoms with van der Waals surface area (Å²) in [4.78, 5) is 25.1. The van der Waals surface area contributed by atoms with Crippen molar-refractivity contribution in [2.24, 2.45) is 17.8 Å². The third kappa shape index (κ3) is 5.50. The van der Waals surface area contributed by atoms with Crippen molar-refractivity contribution in [2.45, 2.75) is 71.1 Å². The molecule has 1 saturated heterocycles. The minimum absolute atomic E-state index is 0.0573. The summed E-state index contributed by atoms with van der Waals surface area (Å²) in [5.41, 5.74) is 0. The highest BCUT2D eigenvalue weighted by Crippen LogP contribution is 2.34. The maximum absolute atomic E-state index is 12.6. The Morgan fingerprint density at radius 2 is 1.61 bits per heavy atom. The quantitative estimate of drug-likeness (QED) is 0.762. The van der Waals surface area contributed by atoms with Crippen LogP contribution < -0.4 is 5.32 Å². The molecule has 0 aromatic carbocycles. The van der Waals surface area contributed by atoms with E-state index in [9.17, 15) is 9.59 Å². The molecule has 0 bridgehead atoms. The Kier molecular flexibility index (Phi) is 7.90. The molecule has 2 amide bonds. The van der Waals surface area contributed by atoms with E-state index in [1.807, 2.05) is 11.8 Å². The lowest BCUT2D eigenvalue weighted by Gasteiger charge is -2.38. The number of nitrogens with one attached hydrogen (secondary N) is 1. The third-order valence-electron chi connectivity index (χ3n) is 5.96. The van der Waals surface area contributed by atoms with Gasteiger partial charge in [-0.15, -0.1) is 0 Å². The van der Waals surface area contributed by atoms with E-state index in [0.717, 1.165) is 31.3 Å². The zero-order chi connectivity index (χ0) is 16.5. The fraction of sp³-hybridized carbons (Fsp3) is 0.895. The van der Waals surface area contributed by atoms with Crippen molar-refractivity contribution < 1.29 is 9.59 Å². The van der Waals surface area contributed by atoms with Crippen molar-refractivity contribution in [3.8, 4) is 0 Å². The van der Waals surface area contributed by atoms with Gasteiger partial charge in [-0.25, -0.2) is 0 Å². The Morgan fingerprint density at radius 3 is 2.17 bits per heavy atom. The van der Waals surface area contributed by atoms with E-state index in [1.54, 1.807) is 0 Å². The van der Waals surface area contributed by atoms with Crippen LogP contribution in [0.4, 0.5) is 0 Å². The molecule has 2 rings (SSSR count). The lowest BCUT2D eigenvalue weighted by molar-refractivity contribution is -0.137. The number of carbonyl (C=O) groups is 2. The summed E-state index contributed by atoms with van der Waals surface area (Å²) in [6, 6.07) is 0. The number of likely N-dealkylation sites (tertiary alicyclic amines) is 1. The molecule has 4 nitrogen and oxygen atoms in total. The van der Waals surface area contributed by atoms with Crippen LogP contribution in [0.25, 0.3) is 0 Å². The van der Waals surface area contributed by atoms with Gasteiger partial charge < -0.3 is 10.2 Å². The molecule has 1 aliphatic heterocycles. The number of amides is 2. The second kappa shape index (κ2) is 9.94. The van der Waals surface area contributed by atoms with Gasteiger partial charge in [0, 0.05) is 19.6 Å². The largest absolute Gasteiger partial charge is 0.358 e. The molecule has 0 spiro atoms. The maximum Gasteiger partial charge on any atom is 0.227 e. The number of hydrogen-bond acceptors (Lipinski definition) is 2. The van der Waals surface area contributed by atoms with Crippen molar-refractivity contribution in [2.75, 3.05) is 19.6 Å². The van der Waals surface area contributed by atoms with Crippen LogP contribution in [0, 0.1) is 17.8 Å². The number of hydrogen-bond donors (Lipinski definition) is 1. The standard InChI is InChI=1S/C19H34N2O2/c1-2-16(14-20-15-22)19(23)21-12-10-18(11-13-21)17-8-6-4-3-5-7-9-17/h15-18H,2-14H2,1H3,(H,20,22). The molecule has 4 heteroatoms. The summed E-state index contributed by atoms with van der Waals surface area (Å²) in [6.07, 6.45) is 13.7. The molecule has 132 valence electrons. The van der Waals surface area contributed by atoms with Crippen LogP contribution in [0.3, 0.4) is 0 Å². The van der Waals surface area contributed by atoms with Gasteiger partial charge in [-0.3, -0.25) is 9.59 Å². The highest BCUT2D eigenvalue weighted by atomic mass is 16.2. The van der Waals surface area contributed by atoms with Crippen LogP contribution in [0.5, 0.6) is 0 Å². The monoisotopic (exact) mass is 322 g/mol. The first-order valence-electron chi connectivity index (χ1n) is 9.72. The predicted octanol–water partition coefficient (Wildman–Crippen LogP) is 3.36. The fourth-order valence-electron chi connectivity index (χ4n) is 4.41. The number of nitrogens with zero attached hydrogens (tertiary/aromatic N) is 1. The van der Waals surface area contributed by atoms with Crippen LogP contribution in [0.2, 0.25) is 0 Å². The average Bonchev–Trinajstić information content (AvgIpc) is 2.55. The number of piperidine rings is 1. The molecule has 2 aliphatic rings. The van der Waals surface area contributed by atoms with E-state index >= 15 is 0 Å². The topological polar surface area (TPSA) is 49.4 Å². The summed E-state index contributed by atoms with van der Waals surface area (Å²) in [5, 5.41) is 2.66. The first-order valence-corrected chi connectivity index (χ1v) is 9.72. The predicted molar refractivity (Wildman–Crippen MR) is 93.0 cm³/mol. The van der Waals surface area contributed by atoms with Crippen LogP contribution >= 0.6 is 0 Å². The van der Waals surface area contributed by atoms with E-state index in [1.165, 1.54) is 57.8 Å². The van der Waals surface area contributed by atoms with Gasteiger partial charge in [0.2, 0.25) is 12.3 Å². The Morgan fingerprint density at radius 1 is 1.04 bits per heavy atom. The van der Waals surface area contributed by atoms with Gasteiger partial charge in [0.05, 0.1) is 5.92 Å². The summed E-state index contributed by atoms with van der Waals surface area (Å²) in [6.45, 7) is 4.33. The van der Waals surface area contributed by atoms with Crippen molar-refractivity contribution >= 4 is 12.3 Å². The lowest BCUT2D eigenvalue weighted by atomic mass is 9.77. The van der Waals surface area contributed by atoms with E-state index < -0.39 is 0 Å². The van der Waals surface area contributed by atoms with Crippen molar-refractivity contribution in [3.05, 3.63) is 0 Å². The van der Waals surface area contributed by atoms with Crippen LogP contribution in [-0.2, 0) is 9.59 Å². The zero-order valence-corrected chi connectivity index (χ0v) is 14.8. The SMILES string of the molecule is CCC(CNC=O)C(=O)N1CCC(C2CCCCCCC2)CC1. The molecule has 1 saturated carbocycles. The molecule has 0 radical (unpaired) electrons. The molecular formula is C19H34N2O2. The summed E-state index contributed by atoms with van der Waals surface area (Å²) >= 11 is 0. The molecular weight excluding hydrogens is 288 g/mol. The van der Waals surface area contributed by atoms with Gasteiger partial charge >= 0.3 is 0 Å². The smallest absolute Gasteiger partial charge is 0.227 e. The van der Waals surface area contributed by atoms with Gasteiger partial charge in [-0.05, 0) is 31.1 Å². The zero-order valence-electron chi connectivity index (χ0n) is 14.8. The van der Waals surface area contributed by atoms with Gasteiger partial charge in [0.15, 0.2) is 0 Å². The van der Waals surface area contributed by atoms with Crippen molar-refractivity contribution in [3.63, 3.8) is 0 Å². The van der Waals surface area contributed by atoms with Crippen LogP contribution in [0.1, 0.15) is 71.1 Å². The van der Waals surface area contributed by atoms with Crippen LogP contribution in [0.15, 0.2) is 0 Å². The van der Waals surface area contributed by atoms with Gasteiger partial charge in [-0.2, -0.15) is 0 Å². The summed E-state index contributed by atoms with van der Waals surface area (Å²) < 4.78 is 0. The Labute approximate surface area is 141 Å². The Balaban J connectivity index is 1.79. The van der Waals surface area contributed by atoms with Crippen molar-refractivity contribution in [1.29, 1.82) is 0 Å². The first kappa shape index (κ1) is 18.3. The normalized spacial score (nSPS) is 22.9. The first-order chi connectivity index (χ1) is 11.3. The third-order valence-corrected chi connectivity index (χ3v) is 5.96. The Bertz CT molecular complexity index is 356. The van der Waals surface area contributed by atoms with E-state index in [0.29, 0.717) is 13.0 Å². The van der Waals surface area contributed by atoms with E-state index in [4.69, 9.17) is 0 Å². The molecule has 1 aliphatic carbocycles. The van der Waals surface area contributed by atoms with E-state index in [-0.39, 0.29) is 11.8 Å². The van der Waals surface area contributed by atoms with Gasteiger partial charge in [0.25, 0.3) is 0 Å². The minimum atomic E-state index is -0.0573. The molecule has 1 N–H and O–H groups in total. The molecule has 2 fully saturated rings. The second-order valence-electron chi connectivity index (χ2n) is 7.40. The van der Waals surface area contributed by atoms with Gasteiger partial charge in [0.1, 0.15) is 0 Å². The minimum Gasteiger partial charge on any atom is -0.358 e. The highest BCUT2D eigenvalue weighted by molar-refractivity contribution is 5.79. The summed E-state index contributed by atoms with van der Waals surface area (Å²) in [7, 11) is 0. The average molecular weight is 322 g/mol. The molecule has 1 atom stereocenters. The second-order valence-corrected chi connectivity index (χ2v) is 7.40. The van der Waals surface area contributed by atoms with Gasteiger partial charge in [-0.1, -0.05) is 51.9 Å². The van der Waals surface area contributed by atoms with Crippen molar-refractivity contribution in [1.82, 2.24) is 10.2 Å². The molecule has 0 aromatic heterocycles. The molecule has 1 heterocycles. The summed E-state index contributed by atoms with van der Waals surface area (Å²) in [5.74, 6) is 1.90.